The van der Waals surface area contributed by atoms with Crippen molar-refractivity contribution in [2.45, 2.75) is 13.3 Å². The van der Waals surface area contributed by atoms with Crippen LogP contribution in [0.2, 0.25) is 0 Å². The van der Waals surface area contributed by atoms with Crippen LogP contribution < -0.4 is 0 Å². The summed E-state index contributed by atoms with van der Waals surface area (Å²) >= 11 is 0. The second-order valence-electron chi connectivity index (χ2n) is 3.72. The van der Waals surface area contributed by atoms with Crippen molar-refractivity contribution < 1.29 is 9.05 Å². The largest absolute Gasteiger partial charge is 0.360 e. The van der Waals surface area contributed by atoms with E-state index >= 15 is 0 Å². The zero-order valence-corrected chi connectivity index (χ0v) is 9.78. The fourth-order valence-electron chi connectivity index (χ4n) is 1.57. The first-order valence-electron chi connectivity index (χ1n) is 5.32. The molecule has 0 amide bonds. The molecular formula is C10H7N7O2. The molecule has 0 unspecified atom stereocenters. The molecule has 0 saturated heterocycles. The van der Waals surface area contributed by atoms with Gasteiger partial charge in [0.1, 0.15) is 17.3 Å². The molecule has 3 rings (SSSR count). The average molecular weight is 257 g/mol. The van der Waals surface area contributed by atoms with Gasteiger partial charge in [-0.3, -0.25) is 0 Å². The number of aromatic nitrogens is 6. The lowest BCUT2D eigenvalue weighted by Crippen LogP contribution is -1.92. The SMILES string of the molecule is Cc1onc(Cc2nc(-c3cn[nH]n3)no2)c1C#N. The van der Waals surface area contributed by atoms with Crippen molar-refractivity contribution in [1.29, 1.82) is 5.26 Å². The number of nitrogens with zero attached hydrogens (tertiary/aromatic N) is 6. The van der Waals surface area contributed by atoms with Crippen LogP contribution in [0.3, 0.4) is 0 Å². The Balaban J connectivity index is 1.87. The van der Waals surface area contributed by atoms with Crippen LogP contribution in [0.25, 0.3) is 11.5 Å². The average Bonchev–Trinajstić information content (AvgIpc) is 3.11. The molecule has 3 aromatic heterocycles. The minimum atomic E-state index is 0.227. The van der Waals surface area contributed by atoms with Crippen LogP contribution >= 0.6 is 0 Å². The van der Waals surface area contributed by atoms with Gasteiger partial charge in [0.15, 0.2) is 11.5 Å². The highest BCUT2D eigenvalue weighted by Gasteiger charge is 2.17. The lowest BCUT2D eigenvalue weighted by Gasteiger charge is -1.88. The molecule has 0 aromatic carbocycles. The van der Waals surface area contributed by atoms with Gasteiger partial charge in [-0.2, -0.15) is 25.7 Å². The predicted octanol–water partition coefficient (Wildman–Crippen LogP) is 0.614. The lowest BCUT2D eigenvalue weighted by molar-refractivity contribution is 0.371. The minimum Gasteiger partial charge on any atom is -0.360 e. The Kier molecular flexibility index (Phi) is 2.53. The Morgan fingerprint density at radius 1 is 1.37 bits per heavy atom. The highest BCUT2D eigenvalue weighted by Crippen LogP contribution is 2.17. The van der Waals surface area contributed by atoms with E-state index in [2.05, 4.69) is 30.7 Å². The summed E-state index contributed by atoms with van der Waals surface area (Å²) in [5.74, 6) is 1.11. The number of hydrogen-bond acceptors (Lipinski definition) is 8. The summed E-state index contributed by atoms with van der Waals surface area (Å²) in [5.41, 5.74) is 1.34. The first kappa shape index (κ1) is 11.1. The van der Waals surface area contributed by atoms with E-state index in [0.29, 0.717) is 34.4 Å². The van der Waals surface area contributed by atoms with Crippen LogP contribution in [-0.4, -0.2) is 30.7 Å². The molecule has 0 bridgehead atoms. The highest BCUT2D eigenvalue weighted by atomic mass is 16.5. The first-order chi connectivity index (χ1) is 9.28. The number of aromatic amines is 1. The molecule has 1 N–H and O–H groups in total. The van der Waals surface area contributed by atoms with Crippen LogP contribution in [0, 0.1) is 18.3 Å². The summed E-state index contributed by atoms with van der Waals surface area (Å²) < 4.78 is 10.0. The summed E-state index contributed by atoms with van der Waals surface area (Å²) in [4.78, 5) is 4.14. The van der Waals surface area contributed by atoms with E-state index in [9.17, 15) is 0 Å². The number of hydrogen-bond donors (Lipinski definition) is 1. The smallest absolute Gasteiger partial charge is 0.233 e. The molecule has 0 saturated carbocycles. The van der Waals surface area contributed by atoms with Crippen LogP contribution in [0.1, 0.15) is 22.9 Å². The summed E-state index contributed by atoms with van der Waals surface area (Å²) in [5, 5.41) is 26.5. The van der Waals surface area contributed by atoms with Gasteiger partial charge < -0.3 is 9.05 Å². The number of rotatable bonds is 3. The fraction of sp³-hybridized carbons (Fsp3) is 0.200. The van der Waals surface area contributed by atoms with Crippen molar-refractivity contribution in [2.24, 2.45) is 0 Å². The van der Waals surface area contributed by atoms with Gasteiger partial charge in [-0.25, -0.2) is 0 Å². The molecule has 0 atom stereocenters. The number of nitrogens with one attached hydrogen (secondary N) is 1. The molecule has 94 valence electrons. The third-order valence-electron chi connectivity index (χ3n) is 2.48. The van der Waals surface area contributed by atoms with Gasteiger partial charge in [-0.1, -0.05) is 10.3 Å². The van der Waals surface area contributed by atoms with E-state index < -0.39 is 0 Å². The molecule has 3 aromatic rings. The third kappa shape index (κ3) is 1.95. The monoisotopic (exact) mass is 257 g/mol. The maximum atomic E-state index is 8.98. The fourth-order valence-corrected chi connectivity index (χ4v) is 1.57. The van der Waals surface area contributed by atoms with Crippen molar-refractivity contribution in [1.82, 2.24) is 30.7 Å². The van der Waals surface area contributed by atoms with E-state index in [4.69, 9.17) is 14.3 Å². The van der Waals surface area contributed by atoms with Crippen molar-refractivity contribution in [3.8, 4) is 17.6 Å². The molecule has 0 aliphatic carbocycles. The summed E-state index contributed by atoms with van der Waals surface area (Å²) in [7, 11) is 0. The first-order valence-corrected chi connectivity index (χ1v) is 5.32. The summed E-state index contributed by atoms with van der Waals surface area (Å²) in [6, 6.07) is 2.03. The third-order valence-corrected chi connectivity index (χ3v) is 2.48. The molecule has 0 aliphatic rings. The quantitative estimate of drug-likeness (QED) is 0.722. The van der Waals surface area contributed by atoms with Gasteiger partial charge in [0.2, 0.25) is 11.7 Å². The molecule has 0 fully saturated rings. The number of H-pyrrole nitrogens is 1. The topological polar surface area (TPSA) is 130 Å². The summed E-state index contributed by atoms with van der Waals surface area (Å²) in [6.07, 6.45) is 1.71. The Morgan fingerprint density at radius 2 is 2.26 bits per heavy atom. The Bertz CT molecular complexity index is 734. The molecule has 19 heavy (non-hydrogen) atoms. The molecule has 9 nitrogen and oxygen atoms in total. The van der Waals surface area contributed by atoms with Crippen molar-refractivity contribution in [3.05, 3.63) is 29.1 Å². The van der Waals surface area contributed by atoms with Gasteiger partial charge in [-0.05, 0) is 6.92 Å². The van der Waals surface area contributed by atoms with E-state index in [1.165, 1.54) is 6.20 Å². The van der Waals surface area contributed by atoms with Crippen LogP contribution in [0.15, 0.2) is 15.2 Å². The molecule has 0 aliphatic heterocycles. The zero-order valence-electron chi connectivity index (χ0n) is 9.78. The zero-order chi connectivity index (χ0) is 13.2. The Morgan fingerprint density at radius 3 is 3.00 bits per heavy atom. The molecule has 9 heteroatoms. The normalized spacial score (nSPS) is 10.5. The van der Waals surface area contributed by atoms with Gasteiger partial charge in [0.25, 0.3) is 0 Å². The molecule has 3 heterocycles. The van der Waals surface area contributed by atoms with E-state index in [-0.39, 0.29) is 6.42 Å². The van der Waals surface area contributed by atoms with Crippen molar-refractivity contribution in [2.75, 3.05) is 0 Å². The second kappa shape index (κ2) is 4.34. The van der Waals surface area contributed by atoms with Crippen LogP contribution in [-0.2, 0) is 6.42 Å². The number of nitriles is 1. The van der Waals surface area contributed by atoms with E-state index in [0.717, 1.165) is 0 Å². The maximum absolute atomic E-state index is 8.98. The van der Waals surface area contributed by atoms with Crippen molar-refractivity contribution >= 4 is 0 Å². The van der Waals surface area contributed by atoms with Gasteiger partial charge in [-0.15, -0.1) is 0 Å². The van der Waals surface area contributed by atoms with E-state index in [1.807, 2.05) is 6.07 Å². The molecule has 0 spiro atoms. The van der Waals surface area contributed by atoms with Crippen LogP contribution in [0.5, 0.6) is 0 Å². The van der Waals surface area contributed by atoms with Crippen molar-refractivity contribution in [3.63, 3.8) is 0 Å². The van der Waals surface area contributed by atoms with Gasteiger partial charge in [0.05, 0.1) is 12.6 Å². The molecule has 0 radical (unpaired) electrons. The lowest BCUT2D eigenvalue weighted by atomic mass is 10.2. The standard InChI is InChI=1S/C10H7N7O2/c1-5-6(3-11)7(15-18-5)2-9-13-10(16-19-9)8-4-12-17-14-8/h4H,2H2,1H3,(H,12,14,17). The van der Waals surface area contributed by atoms with Gasteiger partial charge in [0, 0.05) is 0 Å². The van der Waals surface area contributed by atoms with Crippen LogP contribution in [0.4, 0.5) is 0 Å². The Labute approximate surface area is 106 Å². The van der Waals surface area contributed by atoms with E-state index in [1.54, 1.807) is 6.92 Å². The Hall–Kier alpha value is -3.02. The molecular weight excluding hydrogens is 250 g/mol. The predicted molar refractivity (Wildman–Crippen MR) is 58.4 cm³/mol. The second-order valence-corrected chi connectivity index (χ2v) is 3.72. The number of aryl methyl sites for hydroxylation is 1. The van der Waals surface area contributed by atoms with Gasteiger partial charge >= 0.3 is 0 Å². The highest BCUT2D eigenvalue weighted by molar-refractivity contribution is 5.45. The maximum Gasteiger partial charge on any atom is 0.233 e. The minimum absolute atomic E-state index is 0.227. The summed E-state index contributed by atoms with van der Waals surface area (Å²) in [6.45, 7) is 1.67.